The summed E-state index contributed by atoms with van der Waals surface area (Å²) < 4.78 is 4.00. The Kier molecular flexibility index (Phi) is 4.22. The molecule has 0 N–H and O–H groups in total. The van der Waals surface area contributed by atoms with Crippen LogP contribution in [0.2, 0.25) is 0 Å². The van der Waals surface area contributed by atoms with Crippen molar-refractivity contribution >= 4 is 69.6 Å². The van der Waals surface area contributed by atoms with Gasteiger partial charge in [-0.3, -0.25) is 9.59 Å². The Balaban J connectivity index is 2.45. The summed E-state index contributed by atoms with van der Waals surface area (Å²) in [6, 6.07) is 1.59. The van der Waals surface area contributed by atoms with Gasteiger partial charge < -0.3 is 0 Å². The molecule has 18 heavy (non-hydrogen) atoms. The number of anilines is 2. The minimum Gasteiger partial charge on any atom is -0.260 e. The Morgan fingerprint density at radius 3 is 2.33 bits per heavy atom. The number of nitrogens with zero attached hydrogens (tertiary/aromatic N) is 4. The molecule has 94 valence electrons. The molecule has 0 aliphatic heterocycles. The molecule has 0 aliphatic carbocycles. The van der Waals surface area contributed by atoms with Crippen LogP contribution >= 0.6 is 48.1 Å². The highest BCUT2D eigenvalue weighted by Gasteiger charge is 2.29. The first-order chi connectivity index (χ1) is 8.61. The molecule has 2 aromatic rings. The van der Waals surface area contributed by atoms with Crippen molar-refractivity contribution in [3.8, 4) is 0 Å². The Labute approximate surface area is 121 Å². The first kappa shape index (κ1) is 13.3. The second-order valence-corrected chi connectivity index (χ2v) is 5.16. The lowest BCUT2D eigenvalue weighted by atomic mass is 10.6. The third kappa shape index (κ3) is 2.66. The van der Waals surface area contributed by atoms with Crippen LogP contribution in [-0.2, 0) is 0 Å². The minimum absolute atomic E-state index is 0.289. The molecule has 2 heterocycles. The van der Waals surface area contributed by atoms with Gasteiger partial charge in [0.1, 0.15) is 0 Å². The van der Waals surface area contributed by atoms with Crippen LogP contribution in [0.25, 0.3) is 0 Å². The smallest absolute Gasteiger partial charge is 0.260 e. The van der Waals surface area contributed by atoms with E-state index < -0.39 is 10.5 Å². The van der Waals surface area contributed by atoms with Crippen LogP contribution in [0.1, 0.15) is 0 Å². The number of hydrazine groups is 1. The summed E-state index contributed by atoms with van der Waals surface area (Å²) in [5.41, 5.74) is 0. The number of amides is 2. The second-order valence-electron chi connectivity index (χ2n) is 2.86. The lowest BCUT2D eigenvalue weighted by Crippen LogP contribution is -2.46. The monoisotopic (exact) mass is 318 g/mol. The van der Waals surface area contributed by atoms with E-state index in [0.29, 0.717) is 5.13 Å². The molecule has 0 aromatic carbocycles. The maximum absolute atomic E-state index is 11.6. The third-order valence-corrected chi connectivity index (χ3v) is 3.48. The molecule has 2 aromatic heterocycles. The van der Waals surface area contributed by atoms with E-state index in [-0.39, 0.29) is 5.82 Å². The number of hydrogen-bond acceptors (Lipinski definition) is 6. The molecule has 0 radical (unpaired) electrons. The fraction of sp³-hybridized carbons (Fsp3) is 0. The molecular weight excluding hydrogens is 312 g/mol. The van der Waals surface area contributed by atoms with Crippen LogP contribution < -0.4 is 10.0 Å². The number of carbonyl (C=O) groups excluding carboxylic acids is 2. The molecular formula is C8H6N4O2S4. The Morgan fingerprint density at radius 1 is 1.17 bits per heavy atom. The van der Waals surface area contributed by atoms with Gasteiger partial charge in [0.2, 0.25) is 5.13 Å². The van der Waals surface area contributed by atoms with Gasteiger partial charge in [-0.25, -0.2) is 4.98 Å². The van der Waals surface area contributed by atoms with Gasteiger partial charge >= 0.3 is 10.5 Å². The van der Waals surface area contributed by atoms with Crippen LogP contribution in [0.3, 0.4) is 0 Å². The average molecular weight is 318 g/mol. The summed E-state index contributed by atoms with van der Waals surface area (Å²) in [5, 5.41) is 4.39. The average Bonchev–Trinajstić information content (AvgIpc) is 2.97. The predicted molar refractivity (Wildman–Crippen MR) is 78.0 cm³/mol. The van der Waals surface area contributed by atoms with E-state index in [0.717, 1.165) is 21.6 Å². The van der Waals surface area contributed by atoms with Crippen molar-refractivity contribution in [1.29, 1.82) is 0 Å². The Bertz CT molecular complexity index is 491. The lowest BCUT2D eigenvalue weighted by molar-refractivity contribution is 0.257. The number of carbonyl (C=O) groups is 2. The van der Waals surface area contributed by atoms with Crippen LogP contribution in [0.4, 0.5) is 20.5 Å². The van der Waals surface area contributed by atoms with Gasteiger partial charge in [-0.05, 0) is 17.6 Å². The predicted octanol–water partition coefficient (Wildman–Crippen LogP) is 2.93. The van der Waals surface area contributed by atoms with Crippen molar-refractivity contribution < 1.29 is 9.59 Å². The van der Waals surface area contributed by atoms with Gasteiger partial charge in [0, 0.05) is 17.0 Å². The summed E-state index contributed by atoms with van der Waals surface area (Å²) in [6.45, 7) is 0. The molecule has 0 bridgehead atoms. The summed E-state index contributed by atoms with van der Waals surface area (Å²) >= 11 is 9.84. The van der Waals surface area contributed by atoms with Crippen LogP contribution in [0.15, 0.2) is 23.0 Å². The molecule has 2 amide bonds. The lowest BCUT2D eigenvalue weighted by Gasteiger charge is -2.27. The van der Waals surface area contributed by atoms with Gasteiger partial charge in [-0.1, -0.05) is 25.3 Å². The zero-order valence-electron chi connectivity index (χ0n) is 8.63. The molecule has 0 spiro atoms. The van der Waals surface area contributed by atoms with E-state index in [4.69, 9.17) is 0 Å². The van der Waals surface area contributed by atoms with Crippen LogP contribution in [0, 0.1) is 0 Å². The molecule has 6 nitrogen and oxygen atoms in total. The SMILES string of the molecule is O=C(S)N(c1ccsn1)N(C(=O)S)c1nccs1. The van der Waals surface area contributed by atoms with Crippen molar-refractivity contribution in [2.24, 2.45) is 0 Å². The zero-order chi connectivity index (χ0) is 13.1. The van der Waals surface area contributed by atoms with Gasteiger partial charge in [-0.15, -0.1) is 11.3 Å². The molecule has 2 rings (SSSR count). The third-order valence-electron chi connectivity index (χ3n) is 1.80. The van der Waals surface area contributed by atoms with Crippen molar-refractivity contribution in [3.63, 3.8) is 0 Å². The number of hydrogen-bond donors (Lipinski definition) is 2. The van der Waals surface area contributed by atoms with Crippen molar-refractivity contribution in [2.45, 2.75) is 0 Å². The van der Waals surface area contributed by atoms with E-state index in [1.165, 1.54) is 17.5 Å². The molecule has 0 saturated carbocycles. The highest BCUT2D eigenvalue weighted by molar-refractivity contribution is 7.97. The van der Waals surface area contributed by atoms with Crippen molar-refractivity contribution in [3.05, 3.63) is 23.0 Å². The van der Waals surface area contributed by atoms with Gasteiger partial charge in [0.25, 0.3) is 0 Å². The molecule has 10 heteroatoms. The molecule has 0 saturated heterocycles. The first-order valence-corrected chi connectivity index (χ1v) is 7.08. The van der Waals surface area contributed by atoms with Gasteiger partial charge in [0.05, 0.1) is 0 Å². The van der Waals surface area contributed by atoms with E-state index in [1.807, 2.05) is 0 Å². The van der Waals surface area contributed by atoms with E-state index in [9.17, 15) is 9.59 Å². The minimum atomic E-state index is -0.654. The molecule has 0 fully saturated rings. The topological polar surface area (TPSA) is 66.4 Å². The maximum Gasteiger partial charge on any atom is 0.304 e. The summed E-state index contributed by atoms with van der Waals surface area (Å²) in [7, 11) is 0. The Morgan fingerprint density at radius 2 is 1.89 bits per heavy atom. The highest BCUT2D eigenvalue weighted by atomic mass is 32.1. The summed E-state index contributed by atoms with van der Waals surface area (Å²) in [4.78, 5) is 27.1. The fourth-order valence-corrected chi connectivity index (χ4v) is 2.74. The summed E-state index contributed by atoms with van der Waals surface area (Å²) in [6.07, 6.45) is 1.52. The number of thiazole rings is 1. The van der Waals surface area contributed by atoms with Crippen LogP contribution in [0.5, 0.6) is 0 Å². The largest absolute Gasteiger partial charge is 0.304 e. The standard InChI is InChI=1S/C8H6N4O2S4/c13-7(15)11(5-1-3-18-10-5)12(8(14)16)6-9-2-4-17-6/h1-4H,(H,13,15)(H,14,16). The second kappa shape index (κ2) is 5.69. The number of aromatic nitrogens is 2. The normalized spacial score (nSPS) is 10.1. The van der Waals surface area contributed by atoms with E-state index in [1.54, 1.807) is 16.8 Å². The van der Waals surface area contributed by atoms with Crippen LogP contribution in [-0.4, -0.2) is 19.8 Å². The number of rotatable bonds is 2. The number of thiol groups is 2. The highest BCUT2D eigenvalue weighted by Crippen LogP contribution is 2.26. The van der Waals surface area contributed by atoms with E-state index in [2.05, 4.69) is 34.6 Å². The molecule has 0 atom stereocenters. The quantitative estimate of drug-likeness (QED) is 0.660. The van der Waals surface area contributed by atoms with Gasteiger partial charge in [-0.2, -0.15) is 14.4 Å². The van der Waals surface area contributed by atoms with Crippen molar-refractivity contribution in [1.82, 2.24) is 9.36 Å². The van der Waals surface area contributed by atoms with Gasteiger partial charge in [0.15, 0.2) is 5.82 Å². The zero-order valence-corrected chi connectivity index (χ0v) is 12.0. The fourth-order valence-electron chi connectivity index (χ4n) is 1.17. The van der Waals surface area contributed by atoms with Crippen molar-refractivity contribution in [2.75, 3.05) is 10.0 Å². The maximum atomic E-state index is 11.6. The molecule has 0 unspecified atom stereocenters. The first-order valence-electron chi connectivity index (χ1n) is 4.47. The molecule has 0 aliphatic rings. The Hall–Kier alpha value is -1.10. The summed E-state index contributed by atoms with van der Waals surface area (Å²) in [5.74, 6) is 0.289. The van der Waals surface area contributed by atoms with E-state index >= 15 is 0 Å².